The van der Waals surface area contributed by atoms with Crippen LogP contribution in [0.5, 0.6) is 5.75 Å². The van der Waals surface area contributed by atoms with Crippen LogP contribution in [0.25, 0.3) is 0 Å². The summed E-state index contributed by atoms with van der Waals surface area (Å²) in [6, 6.07) is 14.4. The number of hydrogen-bond donors (Lipinski definition) is 0. The van der Waals surface area contributed by atoms with E-state index in [1.54, 1.807) is 7.11 Å². The van der Waals surface area contributed by atoms with Crippen LogP contribution in [0.15, 0.2) is 48.7 Å². The van der Waals surface area contributed by atoms with Crippen molar-refractivity contribution < 1.29 is 4.74 Å². The number of rotatable bonds is 5. The molecule has 1 aliphatic rings. The third kappa shape index (κ3) is 3.57. The van der Waals surface area contributed by atoms with Crippen molar-refractivity contribution in [1.82, 2.24) is 9.88 Å². The van der Waals surface area contributed by atoms with Crippen molar-refractivity contribution in [2.45, 2.75) is 6.42 Å². The SMILES string of the molecule is COc1ccccc1N1CCN(CCc2ccccn2)CC1. The maximum Gasteiger partial charge on any atom is 0.142 e. The molecule has 0 N–H and O–H groups in total. The van der Waals surface area contributed by atoms with Crippen LogP contribution in [-0.2, 0) is 6.42 Å². The maximum absolute atomic E-state index is 5.47. The molecule has 4 heteroatoms. The molecule has 22 heavy (non-hydrogen) atoms. The van der Waals surface area contributed by atoms with E-state index in [4.69, 9.17) is 4.74 Å². The highest BCUT2D eigenvalue weighted by Crippen LogP contribution is 2.28. The molecule has 1 aromatic heterocycles. The van der Waals surface area contributed by atoms with E-state index in [0.717, 1.165) is 44.9 Å². The molecule has 0 amide bonds. The Morgan fingerprint density at radius 1 is 1.00 bits per heavy atom. The van der Waals surface area contributed by atoms with Crippen molar-refractivity contribution in [3.8, 4) is 5.75 Å². The van der Waals surface area contributed by atoms with Gasteiger partial charge < -0.3 is 9.64 Å². The molecule has 0 bridgehead atoms. The lowest BCUT2D eigenvalue weighted by atomic mass is 10.2. The van der Waals surface area contributed by atoms with Gasteiger partial charge in [-0.25, -0.2) is 0 Å². The Morgan fingerprint density at radius 3 is 2.50 bits per heavy atom. The second-order valence-corrected chi connectivity index (χ2v) is 5.57. The number of benzene rings is 1. The molecule has 2 heterocycles. The number of para-hydroxylation sites is 2. The molecule has 1 saturated heterocycles. The maximum atomic E-state index is 5.47. The molecule has 0 aliphatic carbocycles. The van der Waals surface area contributed by atoms with E-state index in [1.165, 1.54) is 11.4 Å². The zero-order chi connectivity index (χ0) is 15.2. The molecule has 3 rings (SSSR count). The molecule has 116 valence electrons. The predicted octanol–water partition coefficient (Wildman–Crippen LogP) is 2.45. The molecule has 0 saturated carbocycles. The minimum absolute atomic E-state index is 0.962. The summed E-state index contributed by atoms with van der Waals surface area (Å²) >= 11 is 0. The van der Waals surface area contributed by atoms with E-state index < -0.39 is 0 Å². The van der Waals surface area contributed by atoms with Crippen LogP contribution in [0, 0.1) is 0 Å². The smallest absolute Gasteiger partial charge is 0.142 e. The number of aromatic nitrogens is 1. The quantitative estimate of drug-likeness (QED) is 0.847. The number of hydrogen-bond acceptors (Lipinski definition) is 4. The lowest BCUT2D eigenvalue weighted by molar-refractivity contribution is 0.259. The number of nitrogens with zero attached hydrogens (tertiary/aromatic N) is 3. The van der Waals surface area contributed by atoms with Crippen molar-refractivity contribution in [3.05, 3.63) is 54.4 Å². The largest absolute Gasteiger partial charge is 0.495 e. The van der Waals surface area contributed by atoms with Gasteiger partial charge in [0.05, 0.1) is 12.8 Å². The third-order valence-electron chi connectivity index (χ3n) is 4.21. The van der Waals surface area contributed by atoms with Crippen molar-refractivity contribution in [2.24, 2.45) is 0 Å². The minimum Gasteiger partial charge on any atom is -0.495 e. The highest BCUT2D eigenvalue weighted by Gasteiger charge is 2.19. The van der Waals surface area contributed by atoms with E-state index in [1.807, 2.05) is 24.4 Å². The van der Waals surface area contributed by atoms with Crippen LogP contribution in [0.4, 0.5) is 5.69 Å². The average molecular weight is 297 g/mol. The molecule has 4 nitrogen and oxygen atoms in total. The zero-order valence-corrected chi connectivity index (χ0v) is 13.1. The summed E-state index contributed by atoms with van der Waals surface area (Å²) in [5.41, 5.74) is 2.38. The molecule has 1 aromatic carbocycles. The Balaban J connectivity index is 1.52. The van der Waals surface area contributed by atoms with Gasteiger partial charge in [0, 0.05) is 51.0 Å². The summed E-state index contributed by atoms with van der Waals surface area (Å²) in [6.45, 7) is 5.34. The number of piperazine rings is 1. The summed E-state index contributed by atoms with van der Waals surface area (Å²) in [4.78, 5) is 9.32. The Hall–Kier alpha value is -2.07. The Labute approximate surface area is 132 Å². The Morgan fingerprint density at radius 2 is 1.77 bits per heavy atom. The number of methoxy groups -OCH3 is 1. The van der Waals surface area contributed by atoms with Gasteiger partial charge >= 0.3 is 0 Å². The average Bonchev–Trinajstić information content (AvgIpc) is 2.61. The van der Waals surface area contributed by atoms with Crippen LogP contribution < -0.4 is 9.64 Å². The fourth-order valence-corrected chi connectivity index (χ4v) is 2.92. The van der Waals surface area contributed by atoms with Crippen molar-refractivity contribution in [3.63, 3.8) is 0 Å². The predicted molar refractivity (Wildman–Crippen MR) is 89.6 cm³/mol. The monoisotopic (exact) mass is 297 g/mol. The molecule has 0 atom stereocenters. The van der Waals surface area contributed by atoms with Crippen LogP contribution in [0.3, 0.4) is 0 Å². The first kappa shape index (κ1) is 14.9. The summed E-state index contributed by atoms with van der Waals surface area (Å²) in [5, 5.41) is 0. The second kappa shape index (κ2) is 7.27. The van der Waals surface area contributed by atoms with Gasteiger partial charge in [-0.15, -0.1) is 0 Å². The van der Waals surface area contributed by atoms with E-state index in [9.17, 15) is 0 Å². The van der Waals surface area contributed by atoms with Gasteiger partial charge in [0.15, 0.2) is 0 Å². The van der Waals surface area contributed by atoms with Crippen LogP contribution in [0.2, 0.25) is 0 Å². The van der Waals surface area contributed by atoms with Gasteiger partial charge in [0.25, 0.3) is 0 Å². The lowest BCUT2D eigenvalue weighted by Gasteiger charge is -2.36. The molecule has 2 aromatic rings. The first-order chi connectivity index (χ1) is 10.9. The lowest BCUT2D eigenvalue weighted by Crippen LogP contribution is -2.47. The first-order valence-electron chi connectivity index (χ1n) is 7.87. The van der Waals surface area contributed by atoms with E-state index in [2.05, 4.69) is 39.0 Å². The van der Waals surface area contributed by atoms with Crippen LogP contribution in [0.1, 0.15) is 5.69 Å². The zero-order valence-electron chi connectivity index (χ0n) is 13.1. The van der Waals surface area contributed by atoms with E-state index in [-0.39, 0.29) is 0 Å². The van der Waals surface area contributed by atoms with Crippen LogP contribution >= 0.6 is 0 Å². The van der Waals surface area contributed by atoms with Gasteiger partial charge in [-0.3, -0.25) is 9.88 Å². The van der Waals surface area contributed by atoms with Gasteiger partial charge in [-0.2, -0.15) is 0 Å². The number of ether oxygens (including phenoxy) is 1. The molecule has 0 spiro atoms. The summed E-state index contributed by atoms with van der Waals surface area (Å²) < 4.78 is 5.47. The first-order valence-corrected chi connectivity index (χ1v) is 7.87. The second-order valence-electron chi connectivity index (χ2n) is 5.57. The highest BCUT2D eigenvalue weighted by atomic mass is 16.5. The summed E-state index contributed by atoms with van der Waals surface area (Å²) in [6.07, 6.45) is 2.89. The highest BCUT2D eigenvalue weighted by molar-refractivity contribution is 5.58. The molecular weight excluding hydrogens is 274 g/mol. The molecular formula is C18H23N3O. The fraction of sp³-hybridized carbons (Fsp3) is 0.389. The van der Waals surface area contributed by atoms with Crippen molar-refractivity contribution in [2.75, 3.05) is 44.7 Å². The molecule has 1 aliphatic heterocycles. The van der Waals surface area contributed by atoms with Gasteiger partial charge in [0.1, 0.15) is 5.75 Å². The standard InChI is InChI=1S/C18H23N3O/c1-22-18-8-3-2-7-17(18)21-14-12-20(13-15-21)11-9-16-6-4-5-10-19-16/h2-8,10H,9,11-15H2,1H3. The van der Waals surface area contributed by atoms with Gasteiger partial charge in [0.2, 0.25) is 0 Å². The molecule has 0 radical (unpaired) electrons. The minimum atomic E-state index is 0.962. The van der Waals surface area contributed by atoms with Gasteiger partial charge in [-0.1, -0.05) is 18.2 Å². The van der Waals surface area contributed by atoms with E-state index in [0.29, 0.717) is 0 Å². The topological polar surface area (TPSA) is 28.6 Å². The normalized spacial score (nSPS) is 15.8. The Bertz CT molecular complexity index is 580. The summed E-state index contributed by atoms with van der Waals surface area (Å²) in [7, 11) is 1.74. The van der Waals surface area contributed by atoms with Crippen molar-refractivity contribution in [1.29, 1.82) is 0 Å². The fourth-order valence-electron chi connectivity index (χ4n) is 2.92. The van der Waals surface area contributed by atoms with Gasteiger partial charge in [-0.05, 0) is 24.3 Å². The van der Waals surface area contributed by atoms with Crippen LogP contribution in [-0.4, -0.2) is 49.7 Å². The third-order valence-corrected chi connectivity index (χ3v) is 4.21. The summed E-state index contributed by atoms with van der Waals surface area (Å²) in [5.74, 6) is 0.962. The Kier molecular flexibility index (Phi) is 4.91. The van der Waals surface area contributed by atoms with Crippen molar-refractivity contribution >= 4 is 5.69 Å². The molecule has 0 unspecified atom stereocenters. The van der Waals surface area contributed by atoms with E-state index >= 15 is 0 Å². The number of pyridine rings is 1. The number of anilines is 1. The molecule has 1 fully saturated rings.